The summed E-state index contributed by atoms with van der Waals surface area (Å²) >= 11 is 0. The molecule has 1 unspecified atom stereocenters. The first kappa shape index (κ1) is 27.0. The topological polar surface area (TPSA) is 94.2 Å². The lowest BCUT2D eigenvalue weighted by molar-refractivity contribution is -0.139. The molecule has 1 aliphatic rings. The highest BCUT2D eigenvalue weighted by atomic mass is 16.7. The van der Waals surface area contributed by atoms with Crippen molar-refractivity contribution in [1.29, 1.82) is 0 Å². The lowest BCUT2D eigenvalue weighted by Gasteiger charge is -2.33. The molecule has 0 bridgehead atoms. The molecule has 36 heavy (non-hydrogen) atoms. The maximum Gasteiger partial charge on any atom is 0.513 e. The first-order valence-electron chi connectivity index (χ1n) is 12.6. The second-order valence-corrected chi connectivity index (χ2v) is 9.24. The maximum absolute atomic E-state index is 13.0. The van der Waals surface area contributed by atoms with Crippen LogP contribution in [0.2, 0.25) is 0 Å². The van der Waals surface area contributed by atoms with E-state index in [1.54, 1.807) is 38.1 Å². The van der Waals surface area contributed by atoms with E-state index in [4.69, 9.17) is 14.2 Å². The Morgan fingerprint density at radius 2 is 1.67 bits per heavy atom. The normalized spacial score (nSPS) is 14.8. The highest BCUT2D eigenvalue weighted by molar-refractivity contribution is 5.94. The number of piperidine rings is 1. The predicted octanol–water partition coefficient (Wildman–Crippen LogP) is 4.78. The zero-order valence-electron chi connectivity index (χ0n) is 21.5. The van der Waals surface area contributed by atoms with Crippen molar-refractivity contribution in [1.82, 2.24) is 10.2 Å². The van der Waals surface area contributed by atoms with Crippen molar-refractivity contribution in [3.63, 3.8) is 0 Å². The second-order valence-electron chi connectivity index (χ2n) is 9.24. The average Bonchev–Trinajstić information content (AvgIpc) is 2.88. The largest absolute Gasteiger partial charge is 0.513 e. The minimum absolute atomic E-state index is 0.0128. The van der Waals surface area contributed by atoms with E-state index >= 15 is 0 Å². The van der Waals surface area contributed by atoms with E-state index in [9.17, 15) is 14.4 Å². The molecule has 8 nitrogen and oxygen atoms in total. The molecule has 0 aliphatic carbocycles. The number of likely N-dealkylation sites (tertiary alicyclic amines) is 1. The standard InChI is InChI=1S/C28H36N2O6/c1-5-34-28(33)36-23-12-10-22(11-13-23)26(31)29-18-21-14-16-30(17-15-21)27(32)20(4)35-25-9-7-6-8-24(25)19(2)3/h6-13,19-21H,5,14-18H2,1-4H3,(H,29,31). The number of ether oxygens (including phenoxy) is 3. The molecule has 1 heterocycles. The SMILES string of the molecule is CCOC(=O)Oc1ccc(C(=O)NCC2CCN(C(=O)C(C)Oc3ccccc3C(C)C)CC2)cc1. The molecule has 1 aliphatic heterocycles. The van der Waals surface area contributed by atoms with Gasteiger partial charge in [-0.1, -0.05) is 32.0 Å². The van der Waals surface area contributed by atoms with Gasteiger partial charge in [-0.2, -0.15) is 0 Å². The van der Waals surface area contributed by atoms with Gasteiger partial charge in [0.05, 0.1) is 6.61 Å². The number of hydrogen-bond donors (Lipinski definition) is 1. The molecule has 0 aromatic heterocycles. The molecule has 0 radical (unpaired) electrons. The van der Waals surface area contributed by atoms with Gasteiger partial charge in [0, 0.05) is 25.2 Å². The summed E-state index contributed by atoms with van der Waals surface area (Å²) in [6, 6.07) is 14.2. The van der Waals surface area contributed by atoms with Crippen LogP contribution in [0.4, 0.5) is 4.79 Å². The number of carbonyl (C=O) groups excluding carboxylic acids is 3. The lowest BCUT2D eigenvalue weighted by Crippen LogP contribution is -2.46. The molecule has 1 saturated heterocycles. The summed E-state index contributed by atoms with van der Waals surface area (Å²) in [5.74, 6) is 1.47. The minimum atomic E-state index is -0.777. The maximum atomic E-state index is 13.0. The van der Waals surface area contributed by atoms with Crippen LogP contribution in [0.3, 0.4) is 0 Å². The third-order valence-corrected chi connectivity index (χ3v) is 6.25. The molecular weight excluding hydrogens is 460 g/mol. The molecule has 1 atom stereocenters. The Morgan fingerprint density at radius 1 is 1.00 bits per heavy atom. The van der Waals surface area contributed by atoms with Crippen LogP contribution in [0.25, 0.3) is 0 Å². The van der Waals surface area contributed by atoms with Gasteiger partial charge in [0.15, 0.2) is 6.10 Å². The van der Waals surface area contributed by atoms with E-state index in [1.807, 2.05) is 29.2 Å². The first-order valence-corrected chi connectivity index (χ1v) is 12.6. The van der Waals surface area contributed by atoms with Crippen LogP contribution in [-0.4, -0.2) is 55.2 Å². The number of para-hydroxylation sites is 1. The first-order chi connectivity index (χ1) is 17.3. The zero-order chi connectivity index (χ0) is 26.1. The van der Waals surface area contributed by atoms with Crippen molar-refractivity contribution >= 4 is 18.0 Å². The highest BCUT2D eigenvalue weighted by Crippen LogP contribution is 2.27. The summed E-state index contributed by atoms with van der Waals surface area (Å²) in [5.41, 5.74) is 1.57. The quantitative estimate of drug-likeness (QED) is 0.397. The Hall–Kier alpha value is -3.55. The molecule has 2 amide bonds. The number of amides is 2. The number of nitrogens with one attached hydrogen (secondary N) is 1. The van der Waals surface area contributed by atoms with Gasteiger partial charge in [-0.15, -0.1) is 0 Å². The van der Waals surface area contributed by atoms with Crippen LogP contribution in [0.5, 0.6) is 11.5 Å². The number of rotatable bonds is 9. The molecule has 3 rings (SSSR count). The zero-order valence-corrected chi connectivity index (χ0v) is 21.5. The van der Waals surface area contributed by atoms with Gasteiger partial charge in [0.1, 0.15) is 11.5 Å². The van der Waals surface area contributed by atoms with Crippen LogP contribution >= 0.6 is 0 Å². The summed E-state index contributed by atoms with van der Waals surface area (Å²) in [7, 11) is 0. The Kier molecular flexibility index (Phi) is 9.73. The van der Waals surface area contributed by atoms with Gasteiger partial charge in [-0.05, 0) is 74.4 Å². The van der Waals surface area contributed by atoms with Gasteiger partial charge in [0.25, 0.3) is 11.8 Å². The molecule has 0 spiro atoms. The predicted molar refractivity (Wildman–Crippen MR) is 136 cm³/mol. The summed E-state index contributed by atoms with van der Waals surface area (Å²) in [6.45, 7) is 9.75. The van der Waals surface area contributed by atoms with Gasteiger partial charge in [-0.3, -0.25) is 9.59 Å². The second kappa shape index (κ2) is 13.0. The van der Waals surface area contributed by atoms with Crippen LogP contribution in [0.1, 0.15) is 62.4 Å². The number of benzene rings is 2. The van der Waals surface area contributed by atoms with E-state index in [1.165, 1.54) is 0 Å². The molecule has 194 valence electrons. The number of hydrogen-bond acceptors (Lipinski definition) is 6. The summed E-state index contributed by atoms with van der Waals surface area (Å²) in [6.07, 6.45) is 0.291. The number of carbonyl (C=O) groups is 3. The van der Waals surface area contributed by atoms with E-state index in [0.29, 0.717) is 42.8 Å². The monoisotopic (exact) mass is 496 g/mol. The fourth-order valence-electron chi connectivity index (χ4n) is 4.18. The molecule has 0 saturated carbocycles. The smallest absolute Gasteiger partial charge is 0.481 e. The van der Waals surface area contributed by atoms with Crippen molar-refractivity contribution in [2.75, 3.05) is 26.2 Å². The molecule has 1 N–H and O–H groups in total. The summed E-state index contributed by atoms with van der Waals surface area (Å²) in [5, 5.41) is 2.97. The molecule has 2 aromatic carbocycles. The van der Waals surface area contributed by atoms with Crippen LogP contribution in [0.15, 0.2) is 48.5 Å². The third-order valence-electron chi connectivity index (χ3n) is 6.25. The molecular formula is C28H36N2O6. The van der Waals surface area contributed by atoms with E-state index in [-0.39, 0.29) is 18.4 Å². The van der Waals surface area contributed by atoms with E-state index in [0.717, 1.165) is 24.2 Å². The molecule has 1 fully saturated rings. The van der Waals surface area contributed by atoms with Crippen LogP contribution in [-0.2, 0) is 9.53 Å². The Balaban J connectivity index is 1.43. The van der Waals surface area contributed by atoms with E-state index < -0.39 is 12.3 Å². The van der Waals surface area contributed by atoms with Crippen LogP contribution in [0, 0.1) is 5.92 Å². The Bertz CT molecular complexity index is 1030. The van der Waals surface area contributed by atoms with Crippen LogP contribution < -0.4 is 14.8 Å². The van der Waals surface area contributed by atoms with Crippen molar-refractivity contribution in [3.8, 4) is 11.5 Å². The summed E-state index contributed by atoms with van der Waals surface area (Å²) in [4.78, 5) is 38.7. The van der Waals surface area contributed by atoms with E-state index in [2.05, 4.69) is 19.2 Å². The fourth-order valence-corrected chi connectivity index (χ4v) is 4.18. The van der Waals surface area contributed by atoms with Gasteiger partial charge in [-0.25, -0.2) is 4.79 Å². The van der Waals surface area contributed by atoms with Gasteiger partial charge < -0.3 is 24.4 Å². The van der Waals surface area contributed by atoms with Crippen molar-refractivity contribution in [2.45, 2.75) is 52.6 Å². The molecule has 2 aromatic rings. The molecule has 8 heteroatoms. The lowest BCUT2D eigenvalue weighted by atomic mass is 9.96. The van der Waals surface area contributed by atoms with Crippen molar-refractivity contribution in [3.05, 3.63) is 59.7 Å². The Morgan fingerprint density at radius 3 is 2.31 bits per heavy atom. The third kappa shape index (κ3) is 7.47. The van der Waals surface area contributed by atoms with Gasteiger partial charge in [0.2, 0.25) is 0 Å². The highest BCUT2D eigenvalue weighted by Gasteiger charge is 2.28. The average molecular weight is 497 g/mol. The summed E-state index contributed by atoms with van der Waals surface area (Å²) < 4.78 is 15.8. The number of nitrogens with zero attached hydrogens (tertiary/aromatic N) is 1. The minimum Gasteiger partial charge on any atom is -0.481 e. The fraction of sp³-hybridized carbons (Fsp3) is 0.464. The van der Waals surface area contributed by atoms with Crippen molar-refractivity contribution in [2.24, 2.45) is 5.92 Å². The van der Waals surface area contributed by atoms with Crippen molar-refractivity contribution < 1.29 is 28.6 Å². The Labute approximate surface area is 212 Å². The van der Waals surface area contributed by atoms with Gasteiger partial charge >= 0.3 is 6.16 Å².